The van der Waals surface area contributed by atoms with Gasteiger partial charge in [0.1, 0.15) is 30.2 Å². The van der Waals surface area contributed by atoms with Gasteiger partial charge >= 0.3 is 11.9 Å². The second-order valence-corrected chi connectivity index (χ2v) is 15.0. The van der Waals surface area contributed by atoms with Crippen LogP contribution in [0.1, 0.15) is 98.5 Å². The third kappa shape index (κ3) is 15.8. The normalized spacial score (nSPS) is 16.6. The number of amides is 7. The topological polar surface area (TPSA) is 287 Å². The van der Waals surface area contributed by atoms with Gasteiger partial charge in [0.2, 0.25) is 41.2 Å². The van der Waals surface area contributed by atoms with Crippen molar-refractivity contribution in [2.45, 2.75) is 136 Å². The molecule has 0 radical (unpaired) electrons. The standard InChI is InChI=1S/C40H59N7O12/c1-7-13-26(34(53)39(58)41-21-25-14-10-9-11-15-25)43-37(56)29-16-12-19-47(29)40(59)32(22(3)4)45-38(57)33(23(5)8-2)46-35(54)27(17-18-30(49)50)44-36(55)28(20-31(51)52)42-24(6)48/h9-11,14-15,22-23,26-29,32-33H,7-8,12-13,16-21H2,1-6H3,(H,41,58)(H,42,48)(H,43,56)(H,44,55)(H,45,57)(H,46,54)(H,49,50)(H,51,52)/t23-,26?,27+,28-,29-,32-,33-/m0/s1. The monoisotopic (exact) mass is 829 g/mol. The average molecular weight is 830 g/mol. The molecule has 1 aliphatic heterocycles. The van der Waals surface area contributed by atoms with Crippen molar-refractivity contribution in [3.8, 4) is 0 Å². The number of rotatable bonds is 24. The molecule has 1 unspecified atom stereocenters. The van der Waals surface area contributed by atoms with Crippen molar-refractivity contribution >= 4 is 59.1 Å². The van der Waals surface area contributed by atoms with E-state index >= 15 is 0 Å². The fourth-order valence-electron chi connectivity index (χ4n) is 6.48. The van der Waals surface area contributed by atoms with E-state index in [4.69, 9.17) is 0 Å². The molecular formula is C40H59N7O12. The number of hydrogen-bond acceptors (Lipinski definition) is 10. The molecular weight excluding hydrogens is 770 g/mol. The SMILES string of the molecule is CCCC(NC(=O)[C@@H]1CCCN1C(=O)[C@@H](NC(=O)[C@@H](NC(=O)[C@@H](CCC(=O)O)NC(=O)[C@H](CC(=O)O)NC(C)=O)[C@@H](C)CC)C(C)C)C(=O)C(=O)NCc1ccccc1. The maximum Gasteiger partial charge on any atom is 0.305 e. The second-order valence-electron chi connectivity index (χ2n) is 15.0. The van der Waals surface area contributed by atoms with Crippen molar-refractivity contribution in [1.82, 2.24) is 36.8 Å². The highest BCUT2D eigenvalue weighted by Gasteiger charge is 2.41. The highest BCUT2D eigenvalue weighted by Crippen LogP contribution is 2.22. The summed E-state index contributed by atoms with van der Waals surface area (Å²) < 4.78 is 0. The van der Waals surface area contributed by atoms with Gasteiger partial charge in [-0.1, -0.05) is 77.8 Å². The predicted octanol–water partition coefficient (Wildman–Crippen LogP) is 0.149. The zero-order chi connectivity index (χ0) is 44.4. The van der Waals surface area contributed by atoms with Gasteiger partial charge in [-0.05, 0) is 43.1 Å². The number of nitrogens with zero attached hydrogens (tertiary/aromatic N) is 1. The lowest BCUT2D eigenvalue weighted by atomic mass is 9.95. The van der Waals surface area contributed by atoms with Crippen LogP contribution in [0.2, 0.25) is 0 Å². The van der Waals surface area contributed by atoms with Crippen LogP contribution < -0.4 is 31.9 Å². The van der Waals surface area contributed by atoms with Crippen LogP contribution in [-0.4, -0.2) is 117 Å². The second kappa shape index (κ2) is 24.1. The highest BCUT2D eigenvalue weighted by atomic mass is 16.4. The van der Waals surface area contributed by atoms with Gasteiger partial charge in [-0.15, -0.1) is 0 Å². The van der Waals surface area contributed by atoms with E-state index in [1.807, 2.05) is 6.07 Å². The molecule has 1 aromatic carbocycles. The molecule has 8 N–H and O–H groups in total. The lowest BCUT2D eigenvalue weighted by molar-refractivity contribution is -0.144. The van der Waals surface area contributed by atoms with E-state index in [9.17, 15) is 58.2 Å². The molecule has 0 aromatic heterocycles. The Labute approximate surface area is 343 Å². The Hall–Kier alpha value is -5.88. The van der Waals surface area contributed by atoms with Crippen LogP contribution in [0.3, 0.4) is 0 Å². The summed E-state index contributed by atoms with van der Waals surface area (Å²) in [5, 5.41) is 33.5. The Morgan fingerprint density at radius 2 is 1.37 bits per heavy atom. The van der Waals surface area contributed by atoms with E-state index in [1.54, 1.807) is 58.9 Å². The zero-order valence-corrected chi connectivity index (χ0v) is 34.5. The first-order chi connectivity index (χ1) is 27.8. The number of carbonyl (C=O) groups is 10. The van der Waals surface area contributed by atoms with Crippen LogP contribution in [0, 0.1) is 11.8 Å². The van der Waals surface area contributed by atoms with Crippen LogP contribution in [0.4, 0.5) is 0 Å². The number of likely N-dealkylation sites (tertiary alicyclic amines) is 1. The highest BCUT2D eigenvalue weighted by molar-refractivity contribution is 6.38. The van der Waals surface area contributed by atoms with Gasteiger partial charge in [-0.2, -0.15) is 0 Å². The molecule has 7 atom stereocenters. The Morgan fingerprint density at radius 1 is 0.746 bits per heavy atom. The Morgan fingerprint density at radius 3 is 1.93 bits per heavy atom. The lowest BCUT2D eigenvalue weighted by Gasteiger charge is -2.33. The number of benzene rings is 1. The van der Waals surface area contributed by atoms with Gasteiger partial charge < -0.3 is 47.0 Å². The molecule has 1 aliphatic rings. The third-order valence-electron chi connectivity index (χ3n) is 9.94. The first kappa shape index (κ1) is 49.3. The van der Waals surface area contributed by atoms with E-state index < -0.39 is 126 Å². The summed E-state index contributed by atoms with van der Waals surface area (Å²) in [5.41, 5.74) is 0.783. The summed E-state index contributed by atoms with van der Waals surface area (Å²) in [6, 6.07) is 1.20. The van der Waals surface area contributed by atoms with E-state index in [0.717, 1.165) is 12.5 Å². The van der Waals surface area contributed by atoms with Gasteiger partial charge in [0.05, 0.1) is 12.5 Å². The number of Topliss-reactive ketones (excluding diaryl/α,β-unsaturated/α-hetero) is 1. The van der Waals surface area contributed by atoms with E-state index in [-0.39, 0.29) is 25.9 Å². The minimum Gasteiger partial charge on any atom is -0.481 e. The van der Waals surface area contributed by atoms with Crippen molar-refractivity contribution in [2.24, 2.45) is 11.8 Å². The summed E-state index contributed by atoms with van der Waals surface area (Å²) in [6.07, 6.45) is -0.169. The van der Waals surface area contributed by atoms with E-state index in [2.05, 4.69) is 31.9 Å². The number of hydrogen-bond donors (Lipinski definition) is 8. The Kier molecular flexibility index (Phi) is 20.2. The van der Waals surface area contributed by atoms with Crippen molar-refractivity contribution < 1.29 is 58.2 Å². The van der Waals surface area contributed by atoms with Gasteiger partial charge in [0.25, 0.3) is 5.91 Å². The molecule has 2 rings (SSSR count). The maximum atomic E-state index is 14.1. The summed E-state index contributed by atoms with van der Waals surface area (Å²) in [7, 11) is 0. The third-order valence-corrected chi connectivity index (χ3v) is 9.94. The summed E-state index contributed by atoms with van der Waals surface area (Å²) in [6.45, 7) is 9.88. The molecule has 59 heavy (non-hydrogen) atoms. The van der Waals surface area contributed by atoms with Crippen molar-refractivity contribution in [2.75, 3.05) is 6.54 Å². The molecule has 1 saturated heterocycles. The molecule has 19 nitrogen and oxygen atoms in total. The van der Waals surface area contributed by atoms with Crippen LogP contribution in [0.5, 0.6) is 0 Å². The predicted molar refractivity (Wildman–Crippen MR) is 212 cm³/mol. The molecule has 326 valence electrons. The number of carboxylic acids is 2. The van der Waals surface area contributed by atoms with Gasteiger partial charge in [-0.25, -0.2) is 0 Å². The van der Waals surface area contributed by atoms with Gasteiger partial charge in [-0.3, -0.25) is 47.9 Å². The summed E-state index contributed by atoms with van der Waals surface area (Å²) in [5.74, 6) is -10.2. The first-order valence-corrected chi connectivity index (χ1v) is 19.9. The zero-order valence-electron chi connectivity index (χ0n) is 34.5. The van der Waals surface area contributed by atoms with Crippen LogP contribution in [0.25, 0.3) is 0 Å². The van der Waals surface area contributed by atoms with Crippen molar-refractivity contribution in [3.05, 3.63) is 35.9 Å². The summed E-state index contributed by atoms with van der Waals surface area (Å²) >= 11 is 0. The Bertz CT molecular complexity index is 1670. The van der Waals surface area contributed by atoms with Crippen LogP contribution >= 0.6 is 0 Å². The minimum atomic E-state index is -1.59. The van der Waals surface area contributed by atoms with Gasteiger partial charge in [0, 0.05) is 26.4 Å². The largest absolute Gasteiger partial charge is 0.481 e. The van der Waals surface area contributed by atoms with Crippen molar-refractivity contribution in [1.29, 1.82) is 0 Å². The van der Waals surface area contributed by atoms with E-state index in [1.165, 1.54) is 4.90 Å². The smallest absolute Gasteiger partial charge is 0.305 e. The van der Waals surface area contributed by atoms with E-state index in [0.29, 0.717) is 19.3 Å². The summed E-state index contributed by atoms with van der Waals surface area (Å²) in [4.78, 5) is 130. The van der Waals surface area contributed by atoms with Crippen LogP contribution in [-0.2, 0) is 54.5 Å². The van der Waals surface area contributed by atoms with Crippen molar-refractivity contribution in [3.63, 3.8) is 0 Å². The molecule has 7 amide bonds. The molecule has 19 heteroatoms. The molecule has 0 spiro atoms. The molecule has 1 heterocycles. The van der Waals surface area contributed by atoms with Crippen LogP contribution in [0.15, 0.2) is 30.3 Å². The average Bonchev–Trinajstić information content (AvgIpc) is 3.68. The quantitative estimate of drug-likeness (QED) is 0.0647. The Balaban J connectivity index is 2.25. The number of nitrogens with one attached hydrogen (secondary N) is 6. The number of carboxylic acid groups (broad SMARTS) is 2. The molecule has 0 bridgehead atoms. The molecule has 0 saturated carbocycles. The molecule has 1 fully saturated rings. The molecule has 0 aliphatic carbocycles. The van der Waals surface area contributed by atoms with Gasteiger partial charge in [0.15, 0.2) is 0 Å². The minimum absolute atomic E-state index is 0.115. The number of aliphatic carboxylic acids is 2. The number of ketones is 1. The molecule has 1 aromatic rings. The fraction of sp³-hybridized carbons (Fsp3) is 0.600. The lowest BCUT2D eigenvalue weighted by Crippen LogP contribution is -2.61. The number of carbonyl (C=O) groups excluding carboxylic acids is 8. The fourth-order valence-corrected chi connectivity index (χ4v) is 6.48. The maximum absolute atomic E-state index is 14.1. The first-order valence-electron chi connectivity index (χ1n) is 19.9.